The van der Waals surface area contributed by atoms with Crippen LogP contribution in [-0.4, -0.2) is 24.4 Å². The lowest BCUT2D eigenvalue weighted by atomic mass is 10.2. The summed E-state index contributed by atoms with van der Waals surface area (Å²) < 4.78 is 3.55. The van der Waals surface area contributed by atoms with Crippen molar-refractivity contribution in [2.45, 2.75) is 6.92 Å². The summed E-state index contributed by atoms with van der Waals surface area (Å²) in [7, 11) is 0. The molecule has 0 fully saturated rings. The number of hydrogen-bond donors (Lipinski definition) is 0. The number of fused-ring (bicyclic) bond motifs is 1. The number of aromatic nitrogens is 5. The normalized spacial score (nSPS) is 11.3. The molecule has 0 unspecified atom stereocenters. The van der Waals surface area contributed by atoms with Gasteiger partial charge in [0.2, 0.25) is 4.96 Å². The zero-order valence-electron chi connectivity index (χ0n) is 14.4. The van der Waals surface area contributed by atoms with Gasteiger partial charge in [-0.15, -0.1) is 0 Å². The monoisotopic (exact) mass is 391 g/mol. The minimum atomic E-state index is 0.555. The van der Waals surface area contributed by atoms with Gasteiger partial charge in [-0.1, -0.05) is 71.5 Å². The summed E-state index contributed by atoms with van der Waals surface area (Å²) in [5.41, 5.74) is 4.58. The van der Waals surface area contributed by atoms with Crippen molar-refractivity contribution in [1.82, 2.24) is 24.4 Å². The largest absolute Gasteiger partial charge is 0.221 e. The summed E-state index contributed by atoms with van der Waals surface area (Å²) >= 11 is 8.16. The van der Waals surface area contributed by atoms with Crippen LogP contribution >= 0.6 is 22.9 Å². The van der Waals surface area contributed by atoms with Crippen LogP contribution < -0.4 is 0 Å². The molecule has 0 aliphatic rings. The van der Waals surface area contributed by atoms with Gasteiger partial charge >= 0.3 is 0 Å². The second-order valence-electron chi connectivity index (χ2n) is 6.13. The van der Waals surface area contributed by atoms with E-state index in [0.29, 0.717) is 5.15 Å². The first-order valence-electron chi connectivity index (χ1n) is 8.43. The van der Waals surface area contributed by atoms with E-state index in [0.717, 1.165) is 38.2 Å². The molecule has 7 heteroatoms. The van der Waals surface area contributed by atoms with E-state index in [9.17, 15) is 0 Å². The SMILES string of the molecule is Cc1nn(-c2ccccc2)c(Cl)c1-c1nn2cc(-c3ccccc3)nc2s1. The van der Waals surface area contributed by atoms with Crippen molar-refractivity contribution < 1.29 is 0 Å². The van der Waals surface area contributed by atoms with E-state index in [2.05, 4.69) is 5.10 Å². The lowest BCUT2D eigenvalue weighted by molar-refractivity contribution is 0.863. The molecule has 0 radical (unpaired) electrons. The average molecular weight is 392 g/mol. The Morgan fingerprint density at radius 2 is 1.63 bits per heavy atom. The first-order valence-corrected chi connectivity index (χ1v) is 9.63. The van der Waals surface area contributed by atoms with Crippen LogP contribution in [0.3, 0.4) is 0 Å². The van der Waals surface area contributed by atoms with Crippen molar-refractivity contribution in [3.05, 3.63) is 77.7 Å². The Hall–Kier alpha value is -2.96. The molecular weight excluding hydrogens is 378 g/mol. The third-order valence-electron chi connectivity index (χ3n) is 4.33. The molecule has 0 bridgehead atoms. The van der Waals surface area contributed by atoms with Gasteiger partial charge in [0.05, 0.1) is 28.8 Å². The highest BCUT2D eigenvalue weighted by molar-refractivity contribution is 7.20. The maximum Gasteiger partial charge on any atom is 0.213 e. The van der Waals surface area contributed by atoms with Crippen LogP contribution in [0.15, 0.2) is 66.9 Å². The van der Waals surface area contributed by atoms with Gasteiger partial charge in [-0.2, -0.15) is 10.2 Å². The zero-order chi connectivity index (χ0) is 18.4. The van der Waals surface area contributed by atoms with Gasteiger partial charge in [0.15, 0.2) is 5.01 Å². The molecule has 3 aromatic heterocycles. The number of imidazole rings is 1. The zero-order valence-corrected chi connectivity index (χ0v) is 15.9. The number of nitrogens with zero attached hydrogens (tertiary/aromatic N) is 5. The molecule has 0 atom stereocenters. The van der Waals surface area contributed by atoms with Gasteiger partial charge in [-0.3, -0.25) is 0 Å². The number of hydrogen-bond acceptors (Lipinski definition) is 4. The summed E-state index contributed by atoms with van der Waals surface area (Å²) in [6, 6.07) is 19.9. The van der Waals surface area contributed by atoms with Crippen LogP contribution in [-0.2, 0) is 0 Å². The molecule has 27 heavy (non-hydrogen) atoms. The number of benzene rings is 2. The van der Waals surface area contributed by atoms with Gasteiger partial charge in [0.25, 0.3) is 0 Å². The van der Waals surface area contributed by atoms with Crippen LogP contribution in [0.4, 0.5) is 0 Å². The molecule has 3 heterocycles. The smallest absolute Gasteiger partial charge is 0.213 e. The maximum atomic E-state index is 6.66. The minimum absolute atomic E-state index is 0.555. The highest BCUT2D eigenvalue weighted by Gasteiger charge is 2.20. The maximum absolute atomic E-state index is 6.66. The molecule has 5 nitrogen and oxygen atoms in total. The summed E-state index contributed by atoms with van der Waals surface area (Å²) in [4.78, 5) is 5.53. The second-order valence-corrected chi connectivity index (χ2v) is 7.44. The van der Waals surface area contributed by atoms with Gasteiger partial charge in [-0.25, -0.2) is 14.2 Å². The fourth-order valence-electron chi connectivity index (χ4n) is 3.03. The third-order valence-corrected chi connectivity index (χ3v) is 5.62. The van der Waals surface area contributed by atoms with E-state index in [-0.39, 0.29) is 0 Å². The number of rotatable bonds is 3. The topological polar surface area (TPSA) is 48.0 Å². The summed E-state index contributed by atoms with van der Waals surface area (Å²) in [5.74, 6) is 0. The number of aryl methyl sites for hydroxylation is 1. The number of para-hydroxylation sites is 1. The molecule has 0 saturated heterocycles. The van der Waals surface area contributed by atoms with Gasteiger partial charge in [-0.05, 0) is 19.1 Å². The molecule has 0 N–H and O–H groups in total. The van der Waals surface area contributed by atoms with E-state index in [1.54, 1.807) is 9.20 Å². The van der Waals surface area contributed by atoms with Gasteiger partial charge in [0.1, 0.15) is 5.15 Å². The Balaban J connectivity index is 1.58. The Labute approximate surface area is 164 Å². The third kappa shape index (κ3) is 2.74. The fourth-order valence-corrected chi connectivity index (χ4v) is 4.43. The first kappa shape index (κ1) is 16.2. The molecule has 2 aromatic carbocycles. The van der Waals surface area contributed by atoms with Gasteiger partial charge < -0.3 is 0 Å². The van der Waals surface area contributed by atoms with Gasteiger partial charge in [0, 0.05) is 5.56 Å². The minimum Gasteiger partial charge on any atom is -0.221 e. The van der Waals surface area contributed by atoms with E-state index < -0.39 is 0 Å². The fraction of sp³-hybridized carbons (Fsp3) is 0.0500. The first-order chi connectivity index (χ1) is 13.2. The predicted molar refractivity (Wildman–Crippen MR) is 109 cm³/mol. The van der Waals surface area contributed by atoms with E-state index in [1.165, 1.54) is 11.3 Å². The lowest BCUT2D eigenvalue weighted by Gasteiger charge is -2.02. The van der Waals surface area contributed by atoms with E-state index >= 15 is 0 Å². The van der Waals surface area contributed by atoms with Crippen LogP contribution in [0.1, 0.15) is 5.69 Å². The predicted octanol–water partition coefficient (Wildman–Crippen LogP) is 5.27. The van der Waals surface area contributed by atoms with Crippen LogP contribution in [0.25, 0.3) is 32.5 Å². The van der Waals surface area contributed by atoms with Crippen molar-refractivity contribution in [3.63, 3.8) is 0 Å². The highest BCUT2D eigenvalue weighted by Crippen LogP contribution is 2.36. The highest BCUT2D eigenvalue weighted by atomic mass is 35.5. The van der Waals surface area contributed by atoms with Crippen molar-refractivity contribution in [1.29, 1.82) is 0 Å². The Kier molecular flexibility index (Phi) is 3.81. The standard InChI is InChI=1S/C20H14ClN5S/c1-13-17(18(21)26(23-13)15-10-6-3-7-11-15)19-24-25-12-16(22-20(25)27-19)14-8-4-2-5-9-14/h2-12H,1H3. The van der Waals surface area contributed by atoms with Crippen molar-refractivity contribution in [3.8, 4) is 27.5 Å². The van der Waals surface area contributed by atoms with Crippen molar-refractivity contribution in [2.24, 2.45) is 0 Å². The second kappa shape index (κ2) is 6.33. The molecule has 0 saturated carbocycles. The molecule has 5 rings (SSSR count). The molecule has 0 aliphatic carbocycles. The molecule has 0 amide bonds. The van der Waals surface area contributed by atoms with Crippen molar-refractivity contribution >= 4 is 27.9 Å². The molecule has 0 aliphatic heterocycles. The molecular formula is C20H14ClN5S. The van der Waals surface area contributed by atoms with Crippen LogP contribution in [0.5, 0.6) is 0 Å². The Bertz CT molecular complexity index is 1210. The quantitative estimate of drug-likeness (QED) is 0.420. The molecule has 0 spiro atoms. The van der Waals surface area contributed by atoms with E-state index in [4.69, 9.17) is 21.7 Å². The Morgan fingerprint density at radius 3 is 2.33 bits per heavy atom. The molecule has 5 aromatic rings. The van der Waals surface area contributed by atoms with Crippen molar-refractivity contribution in [2.75, 3.05) is 0 Å². The average Bonchev–Trinajstić information content (AvgIpc) is 3.34. The number of halogens is 1. The van der Waals surface area contributed by atoms with Crippen LogP contribution in [0, 0.1) is 6.92 Å². The summed E-state index contributed by atoms with van der Waals surface area (Å²) in [5, 5.41) is 10.7. The van der Waals surface area contributed by atoms with E-state index in [1.807, 2.05) is 73.8 Å². The van der Waals surface area contributed by atoms with Crippen LogP contribution in [0.2, 0.25) is 5.15 Å². The summed E-state index contributed by atoms with van der Waals surface area (Å²) in [6.45, 7) is 1.94. The summed E-state index contributed by atoms with van der Waals surface area (Å²) in [6.07, 6.45) is 1.94. The molecule has 132 valence electrons. The Morgan fingerprint density at radius 1 is 0.926 bits per heavy atom. The lowest BCUT2D eigenvalue weighted by Crippen LogP contribution is -1.95.